The van der Waals surface area contributed by atoms with E-state index in [-0.39, 0.29) is 48.6 Å². The number of rotatable bonds is 3. The predicted molar refractivity (Wildman–Crippen MR) is 118 cm³/mol. The number of pyridine rings is 1. The first-order valence-corrected chi connectivity index (χ1v) is 9.95. The van der Waals surface area contributed by atoms with Crippen molar-refractivity contribution in [2.75, 3.05) is 39.3 Å². The lowest BCUT2D eigenvalue weighted by Gasteiger charge is -2.28. The van der Waals surface area contributed by atoms with Crippen molar-refractivity contribution in [3.05, 3.63) is 30.1 Å². The Labute approximate surface area is 185 Å². The Morgan fingerprint density at radius 3 is 2.55 bits per heavy atom. The molecule has 2 N–H and O–H groups in total. The number of carbonyl (C=O) groups excluding carboxylic acids is 2. The predicted octanol–water partition coefficient (Wildman–Crippen LogP) is 1.55. The van der Waals surface area contributed by atoms with Crippen molar-refractivity contribution in [1.82, 2.24) is 19.7 Å². The van der Waals surface area contributed by atoms with Crippen LogP contribution in [0.3, 0.4) is 0 Å². The molecule has 9 heteroatoms. The quantitative estimate of drug-likeness (QED) is 0.762. The van der Waals surface area contributed by atoms with Gasteiger partial charge in [-0.3, -0.25) is 19.5 Å². The maximum absolute atomic E-state index is 13.1. The van der Waals surface area contributed by atoms with E-state index in [4.69, 9.17) is 5.73 Å². The molecular weight excluding hydrogens is 413 g/mol. The Balaban J connectivity index is 0.00000210. The van der Waals surface area contributed by atoms with Gasteiger partial charge >= 0.3 is 0 Å². The number of amides is 2. The zero-order valence-corrected chi connectivity index (χ0v) is 18.7. The zero-order valence-electron chi connectivity index (χ0n) is 17.0. The van der Waals surface area contributed by atoms with E-state index < -0.39 is 0 Å². The van der Waals surface area contributed by atoms with Crippen LogP contribution < -0.4 is 5.73 Å². The summed E-state index contributed by atoms with van der Waals surface area (Å²) in [5, 5.41) is 0. The number of hydrogen-bond donors (Lipinski definition) is 1. The summed E-state index contributed by atoms with van der Waals surface area (Å²) in [5.41, 5.74) is 7.15. The molecule has 0 radical (unpaired) electrons. The second-order valence-corrected chi connectivity index (χ2v) is 7.73. The van der Waals surface area contributed by atoms with Gasteiger partial charge in [-0.2, -0.15) is 0 Å². The molecular formula is C20H33Cl2N5O2. The van der Waals surface area contributed by atoms with Gasteiger partial charge in [0.25, 0.3) is 0 Å². The van der Waals surface area contributed by atoms with Gasteiger partial charge in [-0.1, -0.05) is 6.07 Å². The highest BCUT2D eigenvalue weighted by Crippen LogP contribution is 2.20. The van der Waals surface area contributed by atoms with Crippen molar-refractivity contribution in [2.24, 2.45) is 11.7 Å². The first kappa shape index (κ1) is 25.6. The molecule has 0 spiro atoms. The molecule has 7 nitrogen and oxygen atoms in total. The molecule has 2 fully saturated rings. The lowest BCUT2D eigenvalue weighted by atomic mass is 10.0. The minimum Gasteiger partial charge on any atom is -0.341 e. The van der Waals surface area contributed by atoms with Crippen LogP contribution in [0.1, 0.15) is 31.9 Å². The van der Waals surface area contributed by atoms with Crippen LogP contribution >= 0.6 is 24.8 Å². The van der Waals surface area contributed by atoms with E-state index in [2.05, 4.69) is 9.88 Å². The highest BCUT2D eigenvalue weighted by Gasteiger charge is 2.31. The topological polar surface area (TPSA) is 82.8 Å². The molecule has 2 aliphatic heterocycles. The van der Waals surface area contributed by atoms with Crippen molar-refractivity contribution in [1.29, 1.82) is 0 Å². The second kappa shape index (κ2) is 12.3. The lowest BCUT2D eigenvalue weighted by molar-refractivity contribution is -0.137. The van der Waals surface area contributed by atoms with Gasteiger partial charge in [0.2, 0.25) is 11.8 Å². The van der Waals surface area contributed by atoms with Gasteiger partial charge in [0.05, 0.1) is 11.6 Å². The molecule has 2 aliphatic rings. The SMILES string of the molecule is CC(=O)N1C[C@@H](N)CC[C@@H](C(=O)N2CCCN(Cc3ccccn3)CC2)C1.Cl.Cl. The first-order valence-electron chi connectivity index (χ1n) is 9.95. The standard InChI is InChI=1S/C20H31N5O2.2ClH/c1-16(26)25-13-17(6-7-18(21)14-25)20(27)24-10-4-9-23(11-12-24)15-19-5-2-3-8-22-19;;/h2-3,5,8,17-18H,4,6-7,9-15,21H2,1H3;2*1H/t17-,18+;;/m1../s1. The van der Waals surface area contributed by atoms with Gasteiger partial charge in [-0.05, 0) is 31.4 Å². The maximum atomic E-state index is 13.1. The van der Waals surface area contributed by atoms with Crippen LogP contribution in [-0.4, -0.2) is 76.8 Å². The van der Waals surface area contributed by atoms with Gasteiger partial charge in [0, 0.05) is 65.0 Å². The van der Waals surface area contributed by atoms with Crippen molar-refractivity contribution in [2.45, 2.75) is 38.8 Å². The second-order valence-electron chi connectivity index (χ2n) is 7.73. The maximum Gasteiger partial charge on any atom is 0.227 e. The zero-order chi connectivity index (χ0) is 19.2. The van der Waals surface area contributed by atoms with Crippen LogP contribution in [0.4, 0.5) is 0 Å². The van der Waals surface area contributed by atoms with Crippen LogP contribution in [0.2, 0.25) is 0 Å². The molecule has 0 bridgehead atoms. The number of hydrogen-bond acceptors (Lipinski definition) is 5. The number of nitrogens with zero attached hydrogens (tertiary/aromatic N) is 4. The van der Waals surface area contributed by atoms with E-state index in [0.29, 0.717) is 13.1 Å². The summed E-state index contributed by atoms with van der Waals surface area (Å²) in [6, 6.07) is 5.94. The fourth-order valence-electron chi connectivity index (χ4n) is 4.01. The summed E-state index contributed by atoms with van der Waals surface area (Å²) in [6.07, 6.45) is 4.33. The number of nitrogens with two attached hydrogens (primary N) is 1. The summed E-state index contributed by atoms with van der Waals surface area (Å²) in [4.78, 5) is 35.5. The van der Waals surface area contributed by atoms with Crippen LogP contribution in [0.25, 0.3) is 0 Å². The molecule has 1 aromatic heterocycles. The molecule has 0 unspecified atom stereocenters. The largest absolute Gasteiger partial charge is 0.341 e. The average Bonchev–Trinajstić information content (AvgIpc) is 3.01. The number of aromatic nitrogens is 1. The van der Waals surface area contributed by atoms with Crippen LogP contribution in [0.5, 0.6) is 0 Å². The third-order valence-electron chi connectivity index (χ3n) is 5.59. The number of likely N-dealkylation sites (tertiary alicyclic amines) is 1. The van der Waals surface area contributed by atoms with E-state index in [1.807, 2.05) is 29.3 Å². The average molecular weight is 446 g/mol. The molecule has 29 heavy (non-hydrogen) atoms. The van der Waals surface area contributed by atoms with E-state index in [1.54, 1.807) is 11.8 Å². The minimum absolute atomic E-state index is 0. The normalized spacial score (nSPS) is 23.2. The van der Waals surface area contributed by atoms with Gasteiger partial charge in [-0.25, -0.2) is 0 Å². The summed E-state index contributed by atoms with van der Waals surface area (Å²) < 4.78 is 0. The number of carbonyl (C=O) groups is 2. The van der Waals surface area contributed by atoms with E-state index in [1.165, 1.54) is 0 Å². The highest BCUT2D eigenvalue weighted by molar-refractivity contribution is 5.85. The van der Waals surface area contributed by atoms with Gasteiger partial charge in [-0.15, -0.1) is 24.8 Å². The molecule has 2 amide bonds. The Morgan fingerprint density at radius 2 is 1.86 bits per heavy atom. The summed E-state index contributed by atoms with van der Waals surface area (Å²) in [6.45, 7) is 6.75. The fraction of sp³-hybridized carbons (Fsp3) is 0.650. The molecule has 2 saturated heterocycles. The molecule has 3 rings (SSSR count). The first-order chi connectivity index (χ1) is 13.0. The van der Waals surface area contributed by atoms with E-state index >= 15 is 0 Å². The molecule has 0 aliphatic carbocycles. The fourth-order valence-corrected chi connectivity index (χ4v) is 4.01. The lowest BCUT2D eigenvalue weighted by Crippen LogP contribution is -2.44. The van der Waals surface area contributed by atoms with E-state index in [0.717, 1.165) is 57.7 Å². The molecule has 2 atom stereocenters. The van der Waals surface area contributed by atoms with E-state index in [9.17, 15) is 9.59 Å². The molecule has 164 valence electrons. The monoisotopic (exact) mass is 445 g/mol. The van der Waals surface area contributed by atoms with Crippen molar-refractivity contribution in [3.63, 3.8) is 0 Å². The molecule has 0 aromatic carbocycles. The van der Waals surface area contributed by atoms with Gasteiger partial charge in [0.15, 0.2) is 0 Å². The van der Waals surface area contributed by atoms with Crippen LogP contribution in [0, 0.1) is 5.92 Å². The van der Waals surface area contributed by atoms with Gasteiger partial charge < -0.3 is 15.5 Å². The third kappa shape index (κ3) is 7.41. The van der Waals surface area contributed by atoms with Crippen LogP contribution in [-0.2, 0) is 16.1 Å². The van der Waals surface area contributed by atoms with Crippen molar-refractivity contribution >= 4 is 36.6 Å². The Morgan fingerprint density at radius 1 is 1.07 bits per heavy atom. The Hall–Kier alpha value is -1.41. The summed E-state index contributed by atoms with van der Waals surface area (Å²) in [7, 11) is 0. The van der Waals surface area contributed by atoms with Crippen LogP contribution in [0.15, 0.2) is 24.4 Å². The highest BCUT2D eigenvalue weighted by atomic mass is 35.5. The third-order valence-corrected chi connectivity index (χ3v) is 5.59. The minimum atomic E-state index is -0.134. The summed E-state index contributed by atoms with van der Waals surface area (Å²) >= 11 is 0. The number of halogens is 2. The van der Waals surface area contributed by atoms with Gasteiger partial charge in [0.1, 0.15) is 0 Å². The Bertz CT molecular complexity index is 649. The van der Waals surface area contributed by atoms with Crippen molar-refractivity contribution in [3.8, 4) is 0 Å². The molecule has 0 saturated carbocycles. The smallest absolute Gasteiger partial charge is 0.227 e. The molecule has 1 aromatic rings. The molecule has 3 heterocycles. The Kier molecular flexibility index (Phi) is 10.9. The summed E-state index contributed by atoms with van der Waals surface area (Å²) in [5.74, 6) is 0.0439. The van der Waals surface area contributed by atoms with Crippen molar-refractivity contribution < 1.29 is 9.59 Å².